The molecule has 2 aliphatic carbocycles. The Morgan fingerprint density at radius 2 is 1.77 bits per heavy atom. The van der Waals surface area contributed by atoms with E-state index >= 15 is 0 Å². The summed E-state index contributed by atoms with van der Waals surface area (Å²) in [6.45, 7) is 5.60. The monoisotopic (exact) mass is 805 g/mol. The molecule has 2 aliphatic heterocycles. The molecule has 5 atom stereocenters. The van der Waals surface area contributed by atoms with Gasteiger partial charge >= 0.3 is 6.09 Å². The maximum Gasteiger partial charge on any atom is 0.408 e. The summed E-state index contributed by atoms with van der Waals surface area (Å²) in [7, 11) is -2.32. The molecular formula is C41H51N5O10S. The highest BCUT2D eigenvalue weighted by Crippen LogP contribution is 2.48. The first-order valence-electron chi connectivity index (χ1n) is 19.6. The van der Waals surface area contributed by atoms with E-state index in [-0.39, 0.29) is 44.2 Å². The van der Waals surface area contributed by atoms with Crippen molar-refractivity contribution in [2.75, 3.05) is 26.9 Å². The summed E-state index contributed by atoms with van der Waals surface area (Å²) in [6.07, 6.45) is 1.64. The molecule has 3 heterocycles. The predicted octanol–water partition coefficient (Wildman–Crippen LogP) is 4.23. The molecule has 0 spiro atoms. The fourth-order valence-corrected chi connectivity index (χ4v) is 9.03. The van der Waals surface area contributed by atoms with E-state index in [4.69, 9.17) is 23.9 Å². The zero-order chi connectivity index (χ0) is 40.5. The number of fused-ring (bicyclic) bond motifs is 3. The van der Waals surface area contributed by atoms with Gasteiger partial charge < -0.3 is 34.5 Å². The van der Waals surface area contributed by atoms with Crippen LogP contribution in [-0.4, -0.2) is 104 Å². The van der Waals surface area contributed by atoms with Crippen molar-refractivity contribution in [2.24, 2.45) is 5.92 Å². The minimum absolute atomic E-state index is 0.0187. The maximum absolute atomic E-state index is 14.6. The Morgan fingerprint density at radius 3 is 2.49 bits per heavy atom. The molecule has 0 radical (unpaired) electrons. The van der Waals surface area contributed by atoms with Gasteiger partial charge in [0.25, 0.3) is 5.91 Å². The van der Waals surface area contributed by atoms with Crippen LogP contribution in [0, 0.1) is 5.92 Å². The fraction of sp³-hybridized carbons (Fsp3) is 0.537. The third-order valence-corrected chi connectivity index (χ3v) is 12.7. The smallest absolute Gasteiger partial charge is 0.408 e. The molecule has 4 amide bonds. The molecule has 4 aliphatic rings. The van der Waals surface area contributed by atoms with Gasteiger partial charge in [0.15, 0.2) is 0 Å². The Bertz CT molecular complexity index is 2120. The lowest BCUT2D eigenvalue weighted by Crippen LogP contribution is -2.58. The molecule has 4 fully saturated rings. The third kappa shape index (κ3) is 9.27. The second kappa shape index (κ2) is 16.1. The molecule has 2 saturated heterocycles. The van der Waals surface area contributed by atoms with Crippen molar-refractivity contribution in [1.82, 2.24) is 25.2 Å². The Labute approximate surface area is 332 Å². The maximum atomic E-state index is 14.6. The van der Waals surface area contributed by atoms with Crippen molar-refractivity contribution in [2.45, 2.75) is 107 Å². The molecule has 3 N–H and O–H groups in total. The summed E-state index contributed by atoms with van der Waals surface area (Å²) in [4.78, 5) is 62.2. The van der Waals surface area contributed by atoms with Crippen LogP contribution >= 0.6 is 0 Å². The third-order valence-electron chi connectivity index (χ3n) is 10.9. The van der Waals surface area contributed by atoms with Gasteiger partial charge in [-0.3, -0.25) is 19.1 Å². The molecule has 0 unspecified atom stereocenters. The number of carbonyl (C=O) groups excluding carboxylic acids is 4. The molecule has 2 aromatic carbocycles. The molecule has 3 aromatic rings. The first-order chi connectivity index (χ1) is 27.2. The predicted molar refractivity (Wildman–Crippen MR) is 210 cm³/mol. The molecule has 7 rings (SSSR count). The number of pyridine rings is 1. The van der Waals surface area contributed by atoms with Crippen molar-refractivity contribution in [3.8, 4) is 22.9 Å². The minimum atomic E-state index is -3.90. The van der Waals surface area contributed by atoms with Gasteiger partial charge in [-0.1, -0.05) is 36.8 Å². The molecule has 2 saturated carbocycles. The van der Waals surface area contributed by atoms with Crippen molar-refractivity contribution < 1.29 is 46.5 Å². The van der Waals surface area contributed by atoms with Gasteiger partial charge in [-0.05, 0) is 88.4 Å². The average Bonchev–Trinajstić information content (AvgIpc) is 4.09. The summed E-state index contributed by atoms with van der Waals surface area (Å²) >= 11 is 0. The Hall–Kier alpha value is -4.96. The Morgan fingerprint density at radius 1 is 1.00 bits per heavy atom. The number of ether oxygens (including phenoxy) is 4. The number of nitrogens with one attached hydrogen (secondary N) is 3. The van der Waals surface area contributed by atoms with E-state index in [1.165, 1.54) is 4.90 Å². The highest BCUT2D eigenvalue weighted by Gasteiger charge is 2.62. The lowest BCUT2D eigenvalue weighted by Gasteiger charge is -2.30. The van der Waals surface area contributed by atoms with Crippen LogP contribution in [-0.2, 0) is 33.9 Å². The molecule has 16 heteroatoms. The fourth-order valence-electron chi connectivity index (χ4n) is 7.67. The number of hydrogen-bond donors (Lipinski definition) is 3. The molecular weight excluding hydrogens is 755 g/mol. The number of nitrogens with zero attached hydrogens (tertiary/aromatic N) is 2. The summed E-state index contributed by atoms with van der Waals surface area (Å²) in [6, 6.07) is 14.8. The number of methoxy groups -OCH3 is 1. The van der Waals surface area contributed by atoms with Crippen molar-refractivity contribution in [3.05, 3.63) is 54.6 Å². The summed E-state index contributed by atoms with van der Waals surface area (Å²) in [5.41, 5.74) is -0.813. The molecule has 0 bridgehead atoms. The summed E-state index contributed by atoms with van der Waals surface area (Å²) in [5.74, 6) is -1.35. The van der Waals surface area contributed by atoms with Crippen LogP contribution in [0.5, 0.6) is 11.6 Å². The molecule has 15 nitrogen and oxygen atoms in total. The summed E-state index contributed by atoms with van der Waals surface area (Å²) in [5, 5.41) is 6.47. The lowest BCUT2D eigenvalue weighted by molar-refractivity contribution is -0.141. The number of hydrogen-bond acceptors (Lipinski definition) is 11. The van der Waals surface area contributed by atoms with Gasteiger partial charge in [-0.2, -0.15) is 0 Å². The number of carbonyl (C=O) groups is 4. The van der Waals surface area contributed by atoms with Gasteiger partial charge in [0, 0.05) is 37.0 Å². The van der Waals surface area contributed by atoms with Crippen LogP contribution in [0.4, 0.5) is 4.79 Å². The quantitative estimate of drug-likeness (QED) is 0.295. The van der Waals surface area contributed by atoms with E-state index in [0.29, 0.717) is 55.5 Å². The number of alkyl carbamates (subject to hydrolysis) is 1. The zero-order valence-electron chi connectivity index (χ0n) is 32.7. The van der Waals surface area contributed by atoms with Gasteiger partial charge in [-0.15, -0.1) is 0 Å². The first kappa shape index (κ1) is 40.2. The zero-order valence-corrected chi connectivity index (χ0v) is 33.6. The topological polar surface area (TPSA) is 192 Å². The van der Waals surface area contributed by atoms with Crippen LogP contribution in [0.15, 0.2) is 54.6 Å². The number of sulfonamides is 1. The standard InChI is InChI=1S/C41H51N5O10S/c1-40(2,3)56-39(50)43-32-17-19-54-18-9-8-12-27-23-41(27,38(49)45-57(51,52)30-14-15-30)44-35(47)34-22-29(24-46(34)37(32)48)55-36-31-16-13-28(53-4)20-26(31)21-33(42-36)25-10-6-5-7-11-25/h5-7,10-11,13,16,20-21,27,29-30,32,34H,8-9,12,14-15,17-19,22-24H2,1-4H3,(H,43,50)(H,44,47)(H,45,49)/t27-,29-,32+,34+,41-/m1/s1. The Balaban J connectivity index is 1.22. The van der Waals surface area contributed by atoms with Gasteiger partial charge in [-0.25, -0.2) is 18.2 Å². The number of rotatable bonds is 8. The lowest BCUT2D eigenvalue weighted by atomic mass is 10.1. The van der Waals surface area contributed by atoms with E-state index < -0.39 is 68.4 Å². The van der Waals surface area contributed by atoms with Gasteiger partial charge in [0.2, 0.25) is 27.7 Å². The molecule has 306 valence electrons. The average molecular weight is 806 g/mol. The van der Waals surface area contributed by atoms with Gasteiger partial charge in [0.1, 0.15) is 35.1 Å². The van der Waals surface area contributed by atoms with Crippen molar-refractivity contribution in [1.29, 1.82) is 0 Å². The van der Waals surface area contributed by atoms with Crippen molar-refractivity contribution >= 4 is 44.6 Å². The number of amides is 4. The number of aromatic nitrogens is 1. The van der Waals surface area contributed by atoms with Crippen LogP contribution in [0.2, 0.25) is 0 Å². The van der Waals surface area contributed by atoms with E-state index in [9.17, 15) is 27.6 Å². The van der Waals surface area contributed by atoms with E-state index in [1.54, 1.807) is 33.9 Å². The van der Waals surface area contributed by atoms with Gasteiger partial charge in [0.05, 0.1) is 24.6 Å². The van der Waals surface area contributed by atoms with Crippen LogP contribution < -0.4 is 24.8 Å². The summed E-state index contributed by atoms with van der Waals surface area (Å²) < 4.78 is 51.5. The highest BCUT2D eigenvalue weighted by molar-refractivity contribution is 7.91. The van der Waals surface area contributed by atoms with E-state index in [0.717, 1.165) is 10.9 Å². The SMILES string of the molecule is COc1ccc2c(O[C@@H]3C[C@H]4C(=O)N[C@]5(C(=O)NS(=O)(=O)C6CC6)C[C@H]5CCCCOCC[C@H](NC(=O)OC(C)(C)C)C(=O)N4C3)nc(-c3ccccc3)cc2c1. The largest absolute Gasteiger partial charge is 0.497 e. The Kier molecular flexibility index (Phi) is 11.4. The van der Waals surface area contributed by atoms with Crippen LogP contribution in [0.3, 0.4) is 0 Å². The van der Waals surface area contributed by atoms with Crippen molar-refractivity contribution in [3.63, 3.8) is 0 Å². The van der Waals surface area contributed by atoms with E-state index in [1.807, 2.05) is 48.5 Å². The number of benzene rings is 2. The van der Waals surface area contributed by atoms with Crippen LogP contribution in [0.1, 0.15) is 72.1 Å². The second-order valence-corrected chi connectivity index (χ2v) is 18.3. The molecule has 1 aromatic heterocycles. The van der Waals surface area contributed by atoms with E-state index in [2.05, 4.69) is 15.4 Å². The highest BCUT2D eigenvalue weighted by atomic mass is 32.2. The molecule has 57 heavy (non-hydrogen) atoms. The normalized spacial score (nSPS) is 25.9. The second-order valence-electron chi connectivity index (χ2n) is 16.4. The minimum Gasteiger partial charge on any atom is -0.497 e. The first-order valence-corrected chi connectivity index (χ1v) is 21.2. The van der Waals surface area contributed by atoms with Crippen LogP contribution in [0.25, 0.3) is 22.0 Å².